The second-order valence-corrected chi connectivity index (χ2v) is 3.45. The van der Waals surface area contributed by atoms with Gasteiger partial charge in [-0.25, -0.2) is 4.79 Å². The number of ether oxygens (including phenoxy) is 1. The van der Waals surface area contributed by atoms with Gasteiger partial charge in [-0.1, -0.05) is 15.9 Å². The third-order valence-corrected chi connectivity index (χ3v) is 2.38. The molecule has 0 heterocycles. The van der Waals surface area contributed by atoms with Crippen molar-refractivity contribution in [2.45, 2.75) is 6.92 Å². The summed E-state index contributed by atoms with van der Waals surface area (Å²) in [5.41, 5.74) is 1.02. The summed E-state index contributed by atoms with van der Waals surface area (Å²) < 4.78 is 5.96. The Hall–Kier alpha value is -1.03. The molecule has 1 aromatic carbocycles. The predicted octanol–water partition coefficient (Wildman–Crippen LogP) is 2.22. The smallest absolute Gasteiger partial charge is 0.341 e. The summed E-state index contributed by atoms with van der Waals surface area (Å²) in [5, 5.41) is 8.36. The molecule has 0 aliphatic carbocycles. The number of carboxylic acid groups (broad SMARTS) is 1. The number of rotatable bonds is 3. The maximum atomic E-state index is 10.2. The van der Waals surface area contributed by atoms with Gasteiger partial charge in [-0.3, -0.25) is 0 Å². The fraction of sp³-hybridized carbons (Fsp3) is 0.222. The van der Waals surface area contributed by atoms with E-state index in [1.54, 1.807) is 12.1 Å². The summed E-state index contributed by atoms with van der Waals surface area (Å²) in [6, 6.07) is 5.33. The van der Waals surface area contributed by atoms with Gasteiger partial charge in [0.25, 0.3) is 0 Å². The van der Waals surface area contributed by atoms with Gasteiger partial charge in [-0.05, 0) is 30.7 Å². The molecular formula is C9H9BrO3. The SMILES string of the molecule is Cc1cc(OCC(=O)O)ccc1Br. The molecule has 0 amide bonds. The molecule has 0 atom stereocenters. The zero-order valence-corrected chi connectivity index (χ0v) is 8.67. The number of carbonyl (C=O) groups is 1. The highest BCUT2D eigenvalue weighted by atomic mass is 79.9. The van der Waals surface area contributed by atoms with Crippen molar-refractivity contribution < 1.29 is 14.6 Å². The molecule has 1 N–H and O–H groups in total. The zero-order valence-electron chi connectivity index (χ0n) is 7.08. The highest BCUT2D eigenvalue weighted by Crippen LogP contribution is 2.21. The number of carboxylic acids is 1. The van der Waals surface area contributed by atoms with Crippen LogP contribution in [0.4, 0.5) is 0 Å². The number of aryl methyl sites for hydroxylation is 1. The van der Waals surface area contributed by atoms with E-state index in [2.05, 4.69) is 15.9 Å². The molecule has 1 rings (SSSR count). The third kappa shape index (κ3) is 3.06. The molecule has 0 radical (unpaired) electrons. The number of benzene rings is 1. The van der Waals surface area contributed by atoms with Gasteiger partial charge >= 0.3 is 5.97 Å². The van der Waals surface area contributed by atoms with Crippen molar-refractivity contribution >= 4 is 21.9 Å². The number of hydrogen-bond donors (Lipinski definition) is 1. The van der Waals surface area contributed by atoms with E-state index in [0.29, 0.717) is 5.75 Å². The number of halogens is 1. The van der Waals surface area contributed by atoms with Gasteiger partial charge in [0.2, 0.25) is 0 Å². The molecule has 13 heavy (non-hydrogen) atoms. The molecule has 0 unspecified atom stereocenters. The highest BCUT2D eigenvalue weighted by Gasteiger charge is 2.00. The second-order valence-electron chi connectivity index (χ2n) is 2.59. The average molecular weight is 245 g/mol. The van der Waals surface area contributed by atoms with E-state index in [0.717, 1.165) is 10.0 Å². The van der Waals surface area contributed by atoms with Crippen LogP contribution in [0.15, 0.2) is 22.7 Å². The van der Waals surface area contributed by atoms with Gasteiger partial charge in [-0.2, -0.15) is 0 Å². The molecule has 4 heteroatoms. The Labute approximate surface area is 84.5 Å². The quantitative estimate of drug-likeness (QED) is 0.888. The molecule has 0 aromatic heterocycles. The zero-order chi connectivity index (χ0) is 9.84. The van der Waals surface area contributed by atoms with Crippen molar-refractivity contribution in [2.24, 2.45) is 0 Å². The first-order chi connectivity index (χ1) is 6.09. The first-order valence-electron chi connectivity index (χ1n) is 3.70. The van der Waals surface area contributed by atoms with E-state index >= 15 is 0 Å². The van der Waals surface area contributed by atoms with Crippen LogP contribution in [-0.4, -0.2) is 17.7 Å². The summed E-state index contributed by atoms with van der Waals surface area (Å²) in [4.78, 5) is 10.2. The van der Waals surface area contributed by atoms with Crippen LogP contribution in [0.5, 0.6) is 5.75 Å². The Bertz CT molecular complexity index is 323. The normalized spacial score (nSPS) is 9.69. The molecule has 0 aliphatic rings. The van der Waals surface area contributed by atoms with Crippen molar-refractivity contribution in [3.63, 3.8) is 0 Å². The van der Waals surface area contributed by atoms with E-state index in [-0.39, 0.29) is 6.61 Å². The molecule has 0 bridgehead atoms. The number of aliphatic carboxylic acids is 1. The molecule has 0 spiro atoms. The molecule has 0 saturated carbocycles. The summed E-state index contributed by atoms with van der Waals surface area (Å²) in [6.45, 7) is 1.61. The molecule has 0 aliphatic heterocycles. The van der Waals surface area contributed by atoms with Crippen LogP contribution < -0.4 is 4.74 Å². The lowest BCUT2D eigenvalue weighted by atomic mass is 10.2. The highest BCUT2D eigenvalue weighted by molar-refractivity contribution is 9.10. The van der Waals surface area contributed by atoms with Crippen molar-refractivity contribution in [3.05, 3.63) is 28.2 Å². The minimum absolute atomic E-state index is 0.304. The molecule has 70 valence electrons. The van der Waals surface area contributed by atoms with Crippen molar-refractivity contribution in [1.82, 2.24) is 0 Å². The van der Waals surface area contributed by atoms with Crippen LogP contribution in [0.25, 0.3) is 0 Å². The standard InChI is InChI=1S/C9H9BrO3/c1-6-4-7(2-3-8(6)10)13-5-9(11)12/h2-4H,5H2,1H3,(H,11,12). The molecular weight excluding hydrogens is 236 g/mol. The Kier molecular flexibility index (Phi) is 3.31. The average Bonchev–Trinajstić information content (AvgIpc) is 2.07. The summed E-state index contributed by atoms with van der Waals surface area (Å²) in [5.74, 6) is -0.399. The van der Waals surface area contributed by atoms with Crippen molar-refractivity contribution in [2.75, 3.05) is 6.61 Å². The third-order valence-electron chi connectivity index (χ3n) is 1.49. The maximum absolute atomic E-state index is 10.2. The lowest BCUT2D eigenvalue weighted by molar-refractivity contribution is -0.139. The van der Waals surface area contributed by atoms with E-state index in [4.69, 9.17) is 9.84 Å². The largest absolute Gasteiger partial charge is 0.482 e. The monoisotopic (exact) mass is 244 g/mol. The first-order valence-corrected chi connectivity index (χ1v) is 4.49. The van der Waals surface area contributed by atoms with E-state index in [1.807, 2.05) is 13.0 Å². The van der Waals surface area contributed by atoms with Crippen LogP contribution >= 0.6 is 15.9 Å². The van der Waals surface area contributed by atoms with Crippen LogP contribution in [0, 0.1) is 6.92 Å². The van der Waals surface area contributed by atoms with E-state index < -0.39 is 5.97 Å². The Morgan fingerprint density at radius 3 is 2.85 bits per heavy atom. The Morgan fingerprint density at radius 2 is 2.31 bits per heavy atom. The van der Waals surface area contributed by atoms with Gasteiger partial charge in [-0.15, -0.1) is 0 Å². The maximum Gasteiger partial charge on any atom is 0.341 e. The lowest BCUT2D eigenvalue weighted by Crippen LogP contribution is -2.09. The van der Waals surface area contributed by atoms with E-state index in [1.165, 1.54) is 0 Å². The van der Waals surface area contributed by atoms with Gasteiger partial charge in [0.05, 0.1) is 0 Å². The van der Waals surface area contributed by atoms with Gasteiger partial charge in [0.1, 0.15) is 5.75 Å². The summed E-state index contributed by atoms with van der Waals surface area (Å²) >= 11 is 3.34. The molecule has 3 nitrogen and oxygen atoms in total. The Balaban J connectivity index is 2.68. The van der Waals surface area contributed by atoms with Gasteiger partial charge in [0, 0.05) is 4.47 Å². The van der Waals surface area contributed by atoms with Crippen LogP contribution in [0.2, 0.25) is 0 Å². The van der Waals surface area contributed by atoms with Crippen LogP contribution in [-0.2, 0) is 4.79 Å². The fourth-order valence-electron chi connectivity index (χ4n) is 0.852. The summed E-state index contributed by atoms with van der Waals surface area (Å²) in [6.07, 6.45) is 0. The van der Waals surface area contributed by atoms with Crippen molar-refractivity contribution in [3.8, 4) is 5.75 Å². The Morgan fingerprint density at radius 1 is 1.62 bits per heavy atom. The van der Waals surface area contributed by atoms with Crippen molar-refractivity contribution in [1.29, 1.82) is 0 Å². The topological polar surface area (TPSA) is 46.5 Å². The summed E-state index contributed by atoms with van der Waals surface area (Å²) in [7, 11) is 0. The fourth-order valence-corrected chi connectivity index (χ4v) is 1.10. The minimum Gasteiger partial charge on any atom is -0.482 e. The molecule has 1 aromatic rings. The number of hydrogen-bond acceptors (Lipinski definition) is 2. The van der Waals surface area contributed by atoms with Gasteiger partial charge in [0.15, 0.2) is 6.61 Å². The van der Waals surface area contributed by atoms with Crippen LogP contribution in [0.1, 0.15) is 5.56 Å². The second kappa shape index (κ2) is 4.28. The van der Waals surface area contributed by atoms with Crippen LogP contribution in [0.3, 0.4) is 0 Å². The molecule has 0 fully saturated rings. The minimum atomic E-state index is -0.972. The van der Waals surface area contributed by atoms with Gasteiger partial charge < -0.3 is 9.84 Å². The van der Waals surface area contributed by atoms with E-state index in [9.17, 15) is 4.79 Å². The molecule has 0 saturated heterocycles. The first kappa shape index (κ1) is 10.1. The predicted molar refractivity (Wildman–Crippen MR) is 52.0 cm³/mol. The lowest BCUT2D eigenvalue weighted by Gasteiger charge is -2.04.